The minimum absolute atomic E-state index is 0.00824. The third kappa shape index (κ3) is 6.83. The predicted molar refractivity (Wildman–Crippen MR) is 79.9 cm³/mol. The highest BCUT2D eigenvalue weighted by atomic mass is 32.2. The van der Waals surface area contributed by atoms with E-state index in [2.05, 4.69) is 4.72 Å². The van der Waals surface area contributed by atoms with Crippen LogP contribution in [0.1, 0.15) is 0 Å². The van der Waals surface area contributed by atoms with Crippen LogP contribution in [-0.2, 0) is 10.0 Å². The van der Waals surface area contributed by atoms with Gasteiger partial charge in [0.25, 0.3) is 0 Å². The van der Waals surface area contributed by atoms with E-state index in [9.17, 15) is 12.8 Å². The largest absolute Gasteiger partial charge is 0.308 e. The summed E-state index contributed by atoms with van der Waals surface area (Å²) in [5.41, 5.74) is 0.377. The molecule has 1 aromatic carbocycles. The lowest BCUT2D eigenvalue weighted by atomic mass is 10.3. The van der Waals surface area contributed by atoms with E-state index in [0.29, 0.717) is 12.2 Å². The molecule has 1 rings (SSSR count). The van der Waals surface area contributed by atoms with E-state index in [0.717, 1.165) is 13.1 Å². The normalized spacial score (nSPS) is 12.1. The van der Waals surface area contributed by atoms with Crippen molar-refractivity contribution in [2.24, 2.45) is 0 Å². The van der Waals surface area contributed by atoms with Gasteiger partial charge in [0.05, 0.1) is 5.75 Å². The van der Waals surface area contributed by atoms with E-state index >= 15 is 0 Å². The first-order valence-corrected chi connectivity index (χ1v) is 8.03. The number of likely N-dealkylation sites (N-methyl/N-ethyl adjacent to an activating group) is 2. The number of nitrogens with zero attached hydrogens (tertiary/aromatic N) is 2. The van der Waals surface area contributed by atoms with Gasteiger partial charge >= 0.3 is 0 Å². The highest BCUT2D eigenvalue weighted by Gasteiger charge is 2.12. The minimum Gasteiger partial charge on any atom is -0.308 e. The average Bonchev–Trinajstić information content (AvgIpc) is 2.36. The molecule has 114 valence electrons. The Morgan fingerprint density at radius 1 is 1.05 bits per heavy atom. The number of hydrogen-bond donors (Lipinski definition) is 1. The molecule has 0 heterocycles. The van der Waals surface area contributed by atoms with E-state index in [4.69, 9.17) is 0 Å². The summed E-state index contributed by atoms with van der Waals surface area (Å²) in [7, 11) is 2.42. The van der Waals surface area contributed by atoms with Crippen molar-refractivity contribution in [2.45, 2.75) is 0 Å². The number of nitrogens with one attached hydrogen (secondary N) is 1. The minimum atomic E-state index is -3.41. The zero-order valence-corrected chi connectivity index (χ0v) is 13.0. The van der Waals surface area contributed by atoms with Crippen molar-refractivity contribution in [3.63, 3.8) is 0 Å². The van der Waals surface area contributed by atoms with Gasteiger partial charge in [-0.1, -0.05) is 0 Å². The summed E-state index contributed by atoms with van der Waals surface area (Å²) in [4.78, 5) is 4.01. The summed E-state index contributed by atoms with van der Waals surface area (Å²) in [5, 5.41) is 0. The molecule has 1 aromatic rings. The number of anilines is 1. The average molecular weight is 303 g/mol. The van der Waals surface area contributed by atoms with Crippen molar-refractivity contribution in [1.29, 1.82) is 0 Å². The third-order valence-corrected chi connectivity index (χ3v) is 4.05. The molecule has 20 heavy (non-hydrogen) atoms. The lowest BCUT2D eigenvalue weighted by Crippen LogP contribution is -2.33. The molecular weight excluding hydrogens is 281 g/mol. The molecule has 0 saturated carbocycles. The molecule has 7 heteroatoms. The monoisotopic (exact) mass is 303 g/mol. The second kappa shape index (κ2) is 7.56. The van der Waals surface area contributed by atoms with Gasteiger partial charge < -0.3 is 9.80 Å². The summed E-state index contributed by atoms with van der Waals surface area (Å²) in [6.45, 7) is 2.13. The van der Waals surface area contributed by atoms with Gasteiger partial charge in [0.1, 0.15) is 5.82 Å². The van der Waals surface area contributed by atoms with E-state index in [1.807, 2.05) is 30.9 Å². The number of rotatable bonds is 8. The molecule has 0 aliphatic carbocycles. The number of sulfonamides is 1. The second-order valence-corrected chi connectivity index (χ2v) is 6.88. The van der Waals surface area contributed by atoms with Gasteiger partial charge in [0.15, 0.2) is 0 Å². The third-order valence-electron chi connectivity index (χ3n) is 2.79. The fourth-order valence-electron chi connectivity index (χ4n) is 1.51. The Bertz CT molecular complexity index is 503. The Labute approximate surface area is 120 Å². The molecule has 0 saturated heterocycles. The summed E-state index contributed by atoms with van der Waals surface area (Å²) < 4.78 is 38.9. The smallest absolute Gasteiger partial charge is 0.233 e. The van der Waals surface area contributed by atoms with E-state index in [1.165, 1.54) is 24.3 Å². The van der Waals surface area contributed by atoms with Crippen molar-refractivity contribution in [2.75, 3.05) is 51.3 Å². The van der Waals surface area contributed by atoms with Crippen LogP contribution in [0, 0.1) is 5.82 Å². The molecule has 5 nitrogen and oxygen atoms in total. The Kier molecular flexibility index (Phi) is 6.38. The van der Waals surface area contributed by atoms with Crippen LogP contribution < -0.4 is 4.72 Å². The first kappa shape index (κ1) is 16.9. The Balaban J connectivity index is 2.43. The zero-order valence-electron chi connectivity index (χ0n) is 12.1. The lowest BCUT2D eigenvalue weighted by Gasteiger charge is -2.19. The van der Waals surface area contributed by atoms with E-state index < -0.39 is 15.8 Å². The van der Waals surface area contributed by atoms with E-state index in [-0.39, 0.29) is 5.75 Å². The van der Waals surface area contributed by atoms with Gasteiger partial charge in [-0.2, -0.15) is 0 Å². The van der Waals surface area contributed by atoms with Gasteiger partial charge in [0.2, 0.25) is 10.0 Å². The fraction of sp³-hybridized carbons (Fsp3) is 0.538. The Hall–Kier alpha value is -1.18. The molecule has 1 N–H and O–H groups in total. The summed E-state index contributed by atoms with van der Waals surface area (Å²) in [6, 6.07) is 5.26. The van der Waals surface area contributed by atoms with E-state index in [1.54, 1.807) is 0 Å². The molecule has 0 unspecified atom stereocenters. The van der Waals surface area contributed by atoms with Crippen LogP contribution in [0.3, 0.4) is 0 Å². The molecule has 0 aromatic heterocycles. The first-order valence-electron chi connectivity index (χ1n) is 6.38. The molecule has 0 bridgehead atoms. The maximum Gasteiger partial charge on any atom is 0.233 e. The molecule has 0 aliphatic heterocycles. The molecule has 0 amide bonds. The molecule has 0 fully saturated rings. The topological polar surface area (TPSA) is 52.7 Å². The summed E-state index contributed by atoms with van der Waals surface area (Å²) >= 11 is 0. The molecule has 0 atom stereocenters. The van der Waals surface area contributed by atoms with Crippen LogP contribution in [0.5, 0.6) is 0 Å². The lowest BCUT2D eigenvalue weighted by molar-refractivity contribution is 0.293. The molecule has 0 aliphatic rings. The SMILES string of the molecule is CN(C)CCN(C)CCS(=O)(=O)Nc1ccc(F)cc1. The maximum atomic E-state index is 12.7. The van der Waals surface area contributed by atoms with Crippen molar-refractivity contribution in [3.05, 3.63) is 30.1 Å². The molecule has 0 spiro atoms. The van der Waals surface area contributed by atoms with Crippen LogP contribution in [0.4, 0.5) is 10.1 Å². The zero-order chi connectivity index (χ0) is 15.2. The number of hydrogen-bond acceptors (Lipinski definition) is 4. The molecule has 0 radical (unpaired) electrons. The highest BCUT2D eigenvalue weighted by molar-refractivity contribution is 7.92. The predicted octanol–water partition coefficient (Wildman–Crippen LogP) is 1.06. The van der Waals surface area contributed by atoms with Crippen molar-refractivity contribution in [3.8, 4) is 0 Å². The standard InChI is InChI=1S/C13H22FN3O2S/c1-16(2)8-9-17(3)10-11-20(18,19)15-13-6-4-12(14)5-7-13/h4-7,15H,8-11H2,1-3H3. The fourth-order valence-corrected chi connectivity index (χ4v) is 2.66. The Morgan fingerprint density at radius 3 is 2.20 bits per heavy atom. The first-order chi connectivity index (χ1) is 9.28. The van der Waals surface area contributed by atoms with Crippen LogP contribution in [0.2, 0.25) is 0 Å². The number of halogens is 1. The van der Waals surface area contributed by atoms with Gasteiger partial charge in [-0.05, 0) is 45.4 Å². The van der Waals surface area contributed by atoms with Crippen LogP contribution in [0.15, 0.2) is 24.3 Å². The summed E-state index contributed by atoms with van der Waals surface area (Å²) in [6.07, 6.45) is 0. The van der Waals surface area contributed by atoms with Gasteiger partial charge in [0, 0.05) is 25.3 Å². The van der Waals surface area contributed by atoms with Crippen molar-refractivity contribution >= 4 is 15.7 Å². The Morgan fingerprint density at radius 2 is 1.65 bits per heavy atom. The van der Waals surface area contributed by atoms with Crippen molar-refractivity contribution < 1.29 is 12.8 Å². The quantitative estimate of drug-likeness (QED) is 0.780. The van der Waals surface area contributed by atoms with Crippen molar-refractivity contribution in [1.82, 2.24) is 9.80 Å². The van der Waals surface area contributed by atoms with Crippen LogP contribution in [0.25, 0.3) is 0 Å². The molecular formula is C13H22FN3O2S. The van der Waals surface area contributed by atoms with Gasteiger partial charge in [-0.25, -0.2) is 12.8 Å². The number of benzene rings is 1. The van der Waals surface area contributed by atoms with Gasteiger partial charge in [-0.15, -0.1) is 0 Å². The maximum absolute atomic E-state index is 12.7. The highest BCUT2D eigenvalue weighted by Crippen LogP contribution is 2.10. The second-order valence-electron chi connectivity index (χ2n) is 5.03. The van der Waals surface area contributed by atoms with Crippen LogP contribution >= 0.6 is 0 Å². The summed E-state index contributed by atoms with van der Waals surface area (Å²) in [5.74, 6) is -0.384. The van der Waals surface area contributed by atoms with Gasteiger partial charge in [-0.3, -0.25) is 4.72 Å². The van der Waals surface area contributed by atoms with Crippen LogP contribution in [-0.4, -0.2) is 64.7 Å².